The highest BCUT2D eigenvalue weighted by Crippen LogP contribution is 2.33. The number of anilines is 2. The van der Waals surface area contributed by atoms with E-state index in [0.717, 1.165) is 29.9 Å². The van der Waals surface area contributed by atoms with Gasteiger partial charge in [0.25, 0.3) is 0 Å². The highest BCUT2D eigenvalue weighted by atomic mass is 19.1. The molecule has 1 fully saturated rings. The van der Waals surface area contributed by atoms with Gasteiger partial charge in [-0.25, -0.2) is 9.37 Å². The number of likely N-dealkylation sites (tertiary alicyclic amines) is 1. The molecule has 0 saturated carbocycles. The first-order valence-electron chi connectivity index (χ1n) is 10.9. The highest BCUT2D eigenvalue weighted by Gasteiger charge is 2.31. The number of amides is 1. The van der Waals surface area contributed by atoms with Crippen LogP contribution in [-0.4, -0.2) is 37.5 Å². The number of rotatable bonds is 7. The molecule has 3 aromatic rings. The van der Waals surface area contributed by atoms with Crippen LogP contribution in [0.4, 0.5) is 15.9 Å². The van der Waals surface area contributed by atoms with Crippen LogP contribution >= 0.6 is 0 Å². The van der Waals surface area contributed by atoms with Gasteiger partial charge in [-0.3, -0.25) is 9.78 Å². The average molecular weight is 439 g/mol. The van der Waals surface area contributed by atoms with Crippen LogP contribution in [0, 0.1) is 12.7 Å². The fourth-order valence-corrected chi connectivity index (χ4v) is 3.87. The lowest BCUT2D eigenvalue weighted by molar-refractivity contribution is -0.132. The second-order valence-corrected chi connectivity index (χ2v) is 8.34. The second-order valence-electron chi connectivity index (χ2n) is 8.34. The number of carbonyl (C=O) groups is 1. The molecule has 1 unspecified atom stereocenters. The molecular formula is C23H27FN6O2. The van der Waals surface area contributed by atoms with E-state index in [1.807, 2.05) is 37.8 Å². The molecule has 0 aliphatic carbocycles. The second kappa shape index (κ2) is 9.42. The van der Waals surface area contributed by atoms with Crippen molar-refractivity contribution in [1.82, 2.24) is 25.1 Å². The Morgan fingerprint density at radius 2 is 2.16 bits per heavy atom. The van der Waals surface area contributed by atoms with Gasteiger partial charge in [-0.05, 0) is 44.0 Å². The summed E-state index contributed by atoms with van der Waals surface area (Å²) in [6.07, 6.45) is 3.68. The van der Waals surface area contributed by atoms with E-state index in [2.05, 4.69) is 20.5 Å². The topological polar surface area (TPSA) is 97.0 Å². The summed E-state index contributed by atoms with van der Waals surface area (Å²) >= 11 is 0. The standard InChI is InChI=1S/C23H27FN6O2/c1-14(2)23-29-28-21(32-23)8-9-22(31)30-10-4-5-19(30)18-12-17(11-15(3)26-18)27-20-7-6-16(24)13-25-20/h6-7,11-14,19H,4-5,8-10H2,1-3H3,(H,25,26,27). The third-order valence-electron chi connectivity index (χ3n) is 5.42. The van der Waals surface area contributed by atoms with E-state index in [1.54, 1.807) is 6.07 Å². The van der Waals surface area contributed by atoms with E-state index in [0.29, 0.717) is 37.0 Å². The zero-order valence-electron chi connectivity index (χ0n) is 18.5. The van der Waals surface area contributed by atoms with Crippen molar-refractivity contribution in [3.63, 3.8) is 0 Å². The number of hydrogen-bond donors (Lipinski definition) is 1. The molecule has 0 bridgehead atoms. The lowest BCUT2D eigenvalue weighted by Crippen LogP contribution is -2.31. The van der Waals surface area contributed by atoms with Crippen molar-refractivity contribution in [1.29, 1.82) is 0 Å². The molecule has 9 heteroatoms. The average Bonchev–Trinajstić information content (AvgIpc) is 3.43. The molecule has 0 radical (unpaired) electrons. The number of halogens is 1. The quantitative estimate of drug-likeness (QED) is 0.581. The maximum Gasteiger partial charge on any atom is 0.223 e. The number of pyridine rings is 2. The third kappa shape index (κ3) is 5.09. The van der Waals surface area contributed by atoms with Crippen LogP contribution < -0.4 is 5.32 Å². The maximum absolute atomic E-state index is 13.1. The molecular weight excluding hydrogens is 411 g/mol. The largest absolute Gasteiger partial charge is 0.425 e. The van der Waals surface area contributed by atoms with Crippen LogP contribution in [0.1, 0.15) is 68.2 Å². The summed E-state index contributed by atoms with van der Waals surface area (Å²) in [6, 6.07) is 6.69. The first-order chi connectivity index (χ1) is 15.4. The monoisotopic (exact) mass is 438 g/mol. The number of aromatic nitrogens is 4. The Hall–Kier alpha value is -3.36. The minimum Gasteiger partial charge on any atom is -0.425 e. The van der Waals surface area contributed by atoms with E-state index in [-0.39, 0.29) is 23.7 Å². The number of aryl methyl sites for hydroxylation is 2. The fourth-order valence-electron chi connectivity index (χ4n) is 3.87. The number of nitrogens with one attached hydrogen (secondary N) is 1. The van der Waals surface area contributed by atoms with Crippen molar-refractivity contribution >= 4 is 17.4 Å². The van der Waals surface area contributed by atoms with Gasteiger partial charge in [0, 0.05) is 36.7 Å². The van der Waals surface area contributed by atoms with Crippen LogP contribution in [0.15, 0.2) is 34.9 Å². The molecule has 1 aliphatic heterocycles. The zero-order valence-corrected chi connectivity index (χ0v) is 18.5. The first kappa shape index (κ1) is 21.9. The van der Waals surface area contributed by atoms with Gasteiger partial charge in [0.1, 0.15) is 11.6 Å². The molecule has 8 nitrogen and oxygen atoms in total. The van der Waals surface area contributed by atoms with Gasteiger partial charge in [-0.1, -0.05) is 13.8 Å². The van der Waals surface area contributed by atoms with Gasteiger partial charge < -0.3 is 14.6 Å². The van der Waals surface area contributed by atoms with Crippen molar-refractivity contribution in [2.75, 3.05) is 11.9 Å². The lowest BCUT2D eigenvalue weighted by Gasteiger charge is -2.25. The maximum atomic E-state index is 13.1. The minimum absolute atomic E-state index is 0.0508. The van der Waals surface area contributed by atoms with Crippen LogP contribution in [0.2, 0.25) is 0 Å². The Kier molecular flexibility index (Phi) is 6.43. The van der Waals surface area contributed by atoms with Gasteiger partial charge in [-0.2, -0.15) is 0 Å². The molecule has 1 N–H and O–H groups in total. The van der Waals surface area contributed by atoms with E-state index in [9.17, 15) is 9.18 Å². The molecule has 32 heavy (non-hydrogen) atoms. The number of carbonyl (C=O) groups excluding carboxylic acids is 1. The molecule has 1 atom stereocenters. The summed E-state index contributed by atoms with van der Waals surface area (Å²) in [4.78, 5) is 23.6. The Morgan fingerprint density at radius 1 is 1.31 bits per heavy atom. The molecule has 4 heterocycles. The van der Waals surface area contributed by atoms with Crippen molar-refractivity contribution in [2.24, 2.45) is 0 Å². The number of nitrogens with zero attached hydrogens (tertiary/aromatic N) is 5. The molecule has 0 spiro atoms. The third-order valence-corrected chi connectivity index (χ3v) is 5.42. The van der Waals surface area contributed by atoms with Gasteiger partial charge >= 0.3 is 0 Å². The summed E-state index contributed by atoms with van der Waals surface area (Å²) in [6.45, 7) is 6.58. The Labute approximate surface area is 186 Å². The first-order valence-corrected chi connectivity index (χ1v) is 10.9. The van der Waals surface area contributed by atoms with E-state index in [1.165, 1.54) is 12.3 Å². The van der Waals surface area contributed by atoms with Crippen molar-refractivity contribution in [3.05, 3.63) is 59.4 Å². The molecule has 3 aromatic heterocycles. The van der Waals surface area contributed by atoms with Crippen molar-refractivity contribution < 1.29 is 13.6 Å². The summed E-state index contributed by atoms with van der Waals surface area (Å²) in [5, 5.41) is 11.3. The van der Waals surface area contributed by atoms with Gasteiger partial charge in [0.05, 0.1) is 17.9 Å². The smallest absolute Gasteiger partial charge is 0.223 e. The predicted octanol–water partition coefficient (Wildman–Crippen LogP) is 4.47. The van der Waals surface area contributed by atoms with Crippen LogP contribution in [-0.2, 0) is 11.2 Å². The number of hydrogen-bond acceptors (Lipinski definition) is 7. The normalized spacial score (nSPS) is 16.0. The summed E-state index contributed by atoms with van der Waals surface area (Å²) < 4.78 is 18.8. The van der Waals surface area contributed by atoms with Gasteiger partial charge in [0.15, 0.2) is 0 Å². The summed E-state index contributed by atoms with van der Waals surface area (Å²) in [5.74, 6) is 1.45. The van der Waals surface area contributed by atoms with Crippen LogP contribution in [0.3, 0.4) is 0 Å². The zero-order chi connectivity index (χ0) is 22.7. The van der Waals surface area contributed by atoms with E-state index >= 15 is 0 Å². The SMILES string of the molecule is Cc1cc(Nc2ccc(F)cn2)cc(C2CCCN2C(=O)CCc2nnc(C(C)C)o2)n1. The summed E-state index contributed by atoms with van der Waals surface area (Å²) in [5.41, 5.74) is 2.47. The summed E-state index contributed by atoms with van der Waals surface area (Å²) in [7, 11) is 0. The Bertz CT molecular complexity index is 1080. The molecule has 1 aliphatic rings. The van der Waals surface area contributed by atoms with Crippen molar-refractivity contribution in [3.8, 4) is 0 Å². The predicted molar refractivity (Wildman–Crippen MR) is 117 cm³/mol. The van der Waals surface area contributed by atoms with Crippen molar-refractivity contribution in [2.45, 2.75) is 58.4 Å². The van der Waals surface area contributed by atoms with E-state index in [4.69, 9.17) is 9.40 Å². The Balaban J connectivity index is 1.45. The molecule has 1 saturated heterocycles. The van der Waals surface area contributed by atoms with Gasteiger partial charge in [-0.15, -0.1) is 10.2 Å². The lowest BCUT2D eigenvalue weighted by atomic mass is 10.1. The van der Waals surface area contributed by atoms with E-state index < -0.39 is 0 Å². The van der Waals surface area contributed by atoms with Crippen LogP contribution in [0.25, 0.3) is 0 Å². The fraction of sp³-hybridized carbons (Fsp3) is 0.435. The van der Waals surface area contributed by atoms with Gasteiger partial charge in [0.2, 0.25) is 17.7 Å². The minimum atomic E-state index is -0.386. The highest BCUT2D eigenvalue weighted by molar-refractivity contribution is 5.77. The molecule has 4 rings (SSSR count). The van der Waals surface area contributed by atoms with Crippen LogP contribution in [0.5, 0.6) is 0 Å². The molecule has 0 aromatic carbocycles. The molecule has 1 amide bonds. The molecule has 168 valence electrons. The Morgan fingerprint density at radius 3 is 2.88 bits per heavy atom.